The molecule has 0 fully saturated rings. The first-order valence-electron chi connectivity index (χ1n) is 7.23. The van der Waals surface area contributed by atoms with Crippen molar-refractivity contribution in [2.45, 2.75) is 13.5 Å². The summed E-state index contributed by atoms with van der Waals surface area (Å²) in [5.74, 6) is 0. The summed E-state index contributed by atoms with van der Waals surface area (Å²) in [6.07, 6.45) is 0. The van der Waals surface area contributed by atoms with E-state index in [1.54, 1.807) is 0 Å². The number of hydrogen-bond donors (Lipinski definition) is 1. The molecule has 0 radical (unpaired) electrons. The van der Waals surface area contributed by atoms with Crippen molar-refractivity contribution >= 4 is 0 Å². The van der Waals surface area contributed by atoms with Crippen molar-refractivity contribution in [1.29, 1.82) is 0 Å². The summed E-state index contributed by atoms with van der Waals surface area (Å²) in [6, 6.07) is 25.8. The van der Waals surface area contributed by atoms with Crippen LogP contribution < -0.4 is 5.73 Å². The number of nitrogens with two attached hydrogens (primary N) is 1. The van der Waals surface area contributed by atoms with Gasteiger partial charge < -0.3 is 5.73 Å². The molecule has 0 aromatic heterocycles. The molecule has 2 N–H and O–H groups in total. The Balaban J connectivity index is 1.87. The van der Waals surface area contributed by atoms with Gasteiger partial charge in [0.15, 0.2) is 0 Å². The van der Waals surface area contributed by atoms with E-state index in [9.17, 15) is 0 Å². The van der Waals surface area contributed by atoms with Crippen LogP contribution in [0.3, 0.4) is 0 Å². The van der Waals surface area contributed by atoms with Gasteiger partial charge in [0.2, 0.25) is 0 Å². The average molecular weight is 273 g/mol. The lowest BCUT2D eigenvalue weighted by molar-refractivity contribution is 1.07. The molecule has 3 aromatic rings. The van der Waals surface area contributed by atoms with Crippen LogP contribution in [0.1, 0.15) is 11.1 Å². The van der Waals surface area contributed by atoms with Gasteiger partial charge in [-0.05, 0) is 34.7 Å². The van der Waals surface area contributed by atoms with Crippen molar-refractivity contribution in [3.8, 4) is 22.3 Å². The van der Waals surface area contributed by atoms with E-state index in [0.717, 1.165) is 5.56 Å². The quantitative estimate of drug-likeness (QED) is 0.729. The maximum Gasteiger partial charge on any atom is 0.0178 e. The van der Waals surface area contributed by atoms with Crippen molar-refractivity contribution in [2.75, 3.05) is 0 Å². The Kier molecular flexibility index (Phi) is 3.85. The molecule has 0 amide bonds. The Labute approximate surface area is 126 Å². The van der Waals surface area contributed by atoms with Crippen LogP contribution in [-0.2, 0) is 6.54 Å². The molecular formula is C20H19N. The highest BCUT2D eigenvalue weighted by atomic mass is 14.5. The average Bonchev–Trinajstić information content (AvgIpc) is 2.56. The van der Waals surface area contributed by atoms with Crippen LogP contribution in [0.2, 0.25) is 0 Å². The zero-order chi connectivity index (χ0) is 14.7. The van der Waals surface area contributed by atoms with Crippen LogP contribution in [0.5, 0.6) is 0 Å². The minimum absolute atomic E-state index is 0.590. The van der Waals surface area contributed by atoms with Crippen molar-refractivity contribution in [2.24, 2.45) is 5.73 Å². The molecule has 0 aliphatic heterocycles. The highest BCUT2D eigenvalue weighted by Gasteiger charge is 2.00. The van der Waals surface area contributed by atoms with Gasteiger partial charge in [0.05, 0.1) is 0 Å². The fourth-order valence-electron chi connectivity index (χ4n) is 2.43. The van der Waals surface area contributed by atoms with E-state index in [0.29, 0.717) is 6.54 Å². The van der Waals surface area contributed by atoms with Gasteiger partial charge >= 0.3 is 0 Å². The van der Waals surface area contributed by atoms with E-state index in [4.69, 9.17) is 5.73 Å². The second kappa shape index (κ2) is 5.94. The standard InChI is InChI=1S/C20H19N/c1-15-2-6-17(7-3-15)19-10-12-20(13-11-19)18-8-4-16(14-21)5-9-18/h2-13H,14,21H2,1H3. The maximum atomic E-state index is 5.63. The van der Waals surface area contributed by atoms with Crippen LogP contribution in [0.4, 0.5) is 0 Å². The number of aryl methyl sites for hydroxylation is 1. The predicted octanol–water partition coefficient (Wildman–Crippen LogP) is 4.79. The van der Waals surface area contributed by atoms with Gasteiger partial charge in [-0.25, -0.2) is 0 Å². The Morgan fingerprint density at radius 3 is 1.29 bits per heavy atom. The Morgan fingerprint density at radius 1 is 0.571 bits per heavy atom. The third kappa shape index (κ3) is 3.04. The topological polar surface area (TPSA) is 26.0 Å². The summed E-state index contributed by atoms with van der Waals surface area (Å²) in [6.45, 7) is 2.70. The Hall–Kier alpha value is -2.38. The number of rotatable bonds is 3. The van der Waals surface area contributed by atoms with Crippen molar-refractivity contribution in [1.82, 2.24) is 0 Å². The van der Waals surface area contributed by atoms with E-state index >= 15 is 0 Å². The first-order chi connectivity index (χ1) is 10.3. The molecule has 3 rings (SSSR count). The lowest BCUT2D eigenvalue weighted by Gasteiger charge is -2.06. The normalized spacial score (nSPS) is 10.6. The van der Waals surface area contributed by atoms with Crippen LogP contribution in [-0.4, -0.2) is 0 Å². The van der Waals surface area contributed by atoms with E-state index in [-0.39, 0.29) is 0 Å². The number of benzene rings is 3. The smallest absolute Gasteiger partial charge is 0.0178 e. The number of hydrogen-bond acceptors (Lipinski definition) is 1. The second-order valence-electron chi connectivity index (χ2n) is 5.34. The lowest BCUT2D eigenvalue weighted by atomic mass is 9.99. The van der Waals surface area contributed by atoms with Gasteiger partial charge in [0.25, 0.3) is 0 Å². The van der Waals surface area contributed by atoms with Crippen molar-refractivity contribution in [3.63, 3.8) is 0 Å². The molecule has 0 unspecified atom stereocenters. The van der Waals surface area contributed by atoms with Crippen molar-refractivity contribution in [3.05, 3.63) is 83.9 Å². The van der Waals surface area contributed by atoms with Gasteiger partial charge in [0.1, 0.15) is 0 Å². The minimum Gasteiger partial charge on any atom is -0.326 e. The molecule has 0 heterocycles. The summed E-state index contributed by atoms with van der Waals surface area (Å²) in [7, 11) is 0. The molecule has 0 aliphatic rings. The Morgan fingerprint density at radius 2 is 0.905 bits per heavy atom. The van der Waals surface area contributed by atoms with Crippen molar-refractivity contribution < 1.29 is 0 Å². The molecule has 0 bridgehead atoms. The van der Waals surface area contributed by atoms with E-state index in [1.165, 1.54) is 27.8 Å². The third-order valence-corrected chi connectivity index (χ3v) is 3.79. The molecule has 0 atom stereocenters. The summed E-state index contributed by atoms with van der Waals surface area (Å²) in [4.78, 5) is 0. The van der Waals surface area contributed by atoms with Gasteiger partial charge in [-0.1, -0.05) is 78.4 Å². The third-order valence-electron chi connectivity index (χ3n) is 3.79. The monoisotopic (exact) mass is 273 g/mol. The molecule has 3 aromatic carbocycles. The van der Waals surface area contributed by atoms with Crippen LogP contribution >= 0.6 is 0 Å². The zero-order valence-corrected chi connectivity index (χ0v) is 12.2. The zero-order valence-electron chi connectivity index (χ0n) is 12.2. The highest BCUT2D eigenvalue weighted by Crippen LogP contribution is 2.25. The van der Waals surface area contributed by atoms with Gasteiger partial charge in [-0.15, -0.1) is 0 Å². The van der Waals surface area contributed by atoms with Gasteiger partial charge in [0, 0.05) is 6.54 Å². The van der Waals surface area contributed by atoms with E-state index in [1.807, 2.05) is 0 Å². The summed E-state index contributed by atoms with van der Waals surface area (Å²) in [5.41, 5.74) is 13.0. The summed E-state index contributed by atoms with van der Waals surface area (Å²) < 4.78 is 0. The van der Waals surface area contributed by atoms with E-state index < -0.39 is 0 Å². The minimum atomic E-state index is 0.590. The molecule has 0 saturated heterocycles. The Bertz CT molecular complexity index is 707. The molecule has 0 saturated carbocycles. The molecule has 1 heteroatoms. The highest BCUT2D eigenvalue weighted by molar-refractivity contribution is 5.70. The van der Waals surface area contributed by atoms with Crippen LogP contribution in [0, 0.1) is 6.92 Å². The summed E-state index contributed by atoms with van der Waals surface area (Å²) in [5, 5.41) is 0. The largest absolute Gasteiger partial charge is 0.326 e. The molecule has 0 aliphatic carbocycles. The molecular weight excluding hydrogens is 254 g/mol. The lowest BCUT2D eigenvalue weighted by Crippen LogP contribution is -1.95. The molecule has 1 nitrogen and oxygen atoms in total. The fraction of sp³-hybridized carbons (Fsp3) is 0.100. The van der Waals surface area contributed by atoms with Gasteiger partial charge in [-0.3, -0.25) is 0 Å². The molecule has 104 valence electrons. The second-order valence-corrected chi connectivity index (χ2v) is 5.34. The molecule has 0 spiro atoms. The predicted molar refractivity (Wildman–Crippen MR) is 89.9 cm³/mol. The van der Waals surface area contributed by atoms with Crippen LogP contribution in [0.25, 0.3) is 22.3 Å². The SMILES string of the molecule is Cc1ccc(-c2ccc(-c3ccc(CN)cc3)cc2)cc1. The first kappa shape index (κ1) is 13.6. The maximum absolute atomic E-state index is 5.63. The van der Waals surface area contributed by atoms with Crippen LogP contribution in [0.15, 0.2) is 72.8 Å². The fourth-order valence-corrected chi connectivity index (χ4v) is 2.43. The van der Waals surface area contributed by atoms with Gasteiger partial charge in [-0.2, -0.15) is 0 Å². The summed E-state index contributed by atoms with van der Waals surface area (Å²) >= 11 is 0. The molecule has 21 heavy (non-hydrogen) atoms. The first-order valence-corrected chi connectivity index (χ1v) is 7.23. The van der Waals surface area contributed by atoms with E-state index in [2.05, 4.69) is 79.7 Å².